The van der Waals surface area contributed by atoms with E-state index in [1.807, 2.05) is 18.2 Å². The van der Waals surface area contributed by atoms with E-state index in [0.717, 1.165) is 31.6 Å². The smallest absolute Gasteiger partial charge is 0.345 e. The maximum absolute atomic E-state index is 12.0. The predicted octanol–water partition coefficient (Wildman–Crippen LogP) is 3.00. The minimum Gasteiger partial charge on any atom is -0.479 e. The minimum atomic E-state index is -2.05. The summed E-state index contributed by atoms with van der Waals surface area (Å²) in [4.78, 5) is 14.2. The lowest BCUT2D eigenvalue weighted by atomic mass is 9.84. The van der Waals surface area contributed by atoms with Crippen LogP contribution in [0.3, 0.4) is 0 Å². The fourth-order valence-electron chi connectivity index (χ4n) is 3.26. The molecule has 1 heterocycles. The Morgan fingerprint density at radius 2 is 1.52 bits per heavy atom. The number of hydrogen-bond acceptors (Lipinski definition) is 3. The van der Waals surface area contributed by atoms with Crippen LogP contribution >= 0.6 is 0 Å². The van der Waals surface area contributed by atoms with Gasteiger partial charge >= 0.3 is 5.97 Å². The Morgan fingerprint density at radius 1 is 0.913 bits per heavy atom. The standard InChI is InChI=1S/C19H21NO3/c21-18(22)19(23,15-9-3-1-4-10-15)16-11-5-6-12-17(16)20-13-7-2-8-14-20/h1,3-6,9-12,23H,2,7-8,13-14H2,(H,21,22). The number of anilines is 1. The van der Waals surface area contributed by atoms with Crippen LogP contribution in [0.5, 0.6) is 0 Å². The molecule has 1 aliphatic heterocycles. The van der Waals surface area contributed by atoms with Crippen molar-refractivity contribution in [2.75, 3.05) is 18.0 Å². The normalized spacial score (nSPS) is 17.5. The molecule has 2 aromatic rings. The van der Waals surface area contributed by atoms with E-state index >= 15 is 0 Å². The van der Waals surface area contributed by atoms with E-state index in [-0.39, 0.29) is 0 Å². The van der Waals surface area contributed by atoms with E-state index in [2.05, 4.69) is 4.90 Å². The first-order valence-corrected chi connectivity index (χ1v) is 8.00. The van der Waals surface area contributed by atoms with Gasteiger partial charge in [0.25, 0.3) is 0 Å². The molecular weight excluding hydrogens is 290 g/mol. The monoisotopic (exact) mass is 311 g/mol. The van der Waals surface area contributed by atoms with Crippen LogP contribution < -0.4 is 4.90 Å². The van der Waals surface area contributed by atoms with Crippen molar-refractivity contribution < 1.29 is 15.0 Å². The number of benzene rings is 2. The van der Waals surface area contributed by atoms with Crippen molar-refractivity contribution in [2.45, 2.75) is 24.9 Å². The average Bonchev–Trinajstić information content (AvgIpc) is 2.62. The summed E-state index contributed by atoms with van der Waals surface area (Å²) in [5, 5.41) is 20.9. The molecule has 120 valence electrons. The van der Waals surface area contributed by atoms with Crippen molar-refractivity contribution in [1.29, 1.82) is 0 Å². The third kappa shape index (κ3) is 2.82. The largest absolute Gasteiger partial charge is 0.479 e. The first-order chi connectivity index (χ1) is 11.1. The van der Waals surface area contributed by atoms with E-state index < -0.39 is 11.6 Å². The Morgan fingerprint density at radius 3 is 2.17 bits per heavy atom. The van der Waals surface area contributed by atoms with Gasteiger partial charge < -0.3 is 15.1 Å². The zero-order chi connectivity index (χ0) is 16.3. The van der Waals surface area contributed by atoms with Gasteiger partial charge in [-0.3, -0.25) is 0 Å². The summed E-state index contributed by atoms with van der Waals surface area (Å²) >= 11 is 0. The number of nitrogens with zero attached hydrogens (tertiary/aromatic N) is 1. The van der Waals surface area contributed by atoms with Crippen LogP contribution in [0.15, 0.2) is 54.6 Å². The zero-order valence-electron chi connectivity index (χ0n) is 13.0. The van der Waals surface area contributed by atoms with Crippen molar-refractivity contribution >= 4 is 11.7 Å². The predicted molar refractivity (Wildman–Crippen MR) is 89.6 cm³/mol. The molecule has 4 heteroatoms. The number of aliphatic hydroxyl groups is 1. The summed E-state index contributed by atoms with van der Waals surface area (Å²) in [6.45, 7) is 1.78. The van der Waals surface area contributed by atoms with E-state index in [9.17, 15) is 15.0 Å². The number of hydrogen-bond donors (Lipinski definition) is 2. The molecule has 0 amide bonds. The first kappa shape index (κ1) is 15.6. The van der Waals surface area contributed by atoms with Gasteiger partial charge in [0.15, 0.2) is 0 Å². The second-order valence-electron chi connectivity index (χ2n) is 5.95. The quantitative estimate of drug-likeness (QED) is 0.911. The van der Waals surface area contributed by atoms with Crippen molar-refractivity contribution in [3.05, 3.63) is 65.7 Å². The second-order valence-corrected chi connectivity index (χ2v) is 5.95. The van der Waals surface area contributed by atoms with Crippen molar-refractivity contribution in [1.82, 2.24) is 0 Å². The summed E-state index contributed by atoms with van der Waals surface area (Å²) in [7, 11) is 0. The third-order valence-electron chi connectivity index (χ3n) is 4.49. The maximum atomic E-state index is 12.0. The first-order valence-electron chi connectivity index (χ1n) is 8.00. The van der Waals surface area contributed by atoms with E-state index in [4.69, 9.17) is 0 Å². The van der Waals surface area contributed by atoms with Crippen LogP contribution in [-0.4, -0.2) is 29.3 Å². The van der Waals surface area contributed by atoms with E-state index in [1.165, 1.54) is 6.42 Å². The van der Waals surface area contributed by atoms with Crippen LogP contribution in [0, 0.1) is 0 Å². The van der Waals surface area contributed by atoms with Gasteiger partial charge in [-0.15, -0.1) is 0 Å². The molecule has 23 heavy (non-hydrogen) atoms. The molecule has 0 saturated carbocycles. The molecule has 2 aromatic carbocycles. The molecule has 1 unspecified atom stereocenters. The highest BCUT2D eigenvalue weighted by molar-refractivity contribution is 5.86. The van der Waals surface area contributed by atoms with Crippen molar-refractivity contribution in [3.8, 4) is 0 Å². The summed E-state index contributed by atoms with van der Waals surface area (Å²) in [5.41, 5.74) is -0.437. The van der Waals surface area contributed by atoms with Crippen LogP contribution in [0.1, 0.15) is 30.4 Å². The third-order valence-corrected chi connectivity index (χ3v) is 4.49. The number of piperidine rings is 1. The Labute approximate surface area is 136 Å². The lowest BCUT2D eigenvalue weighted by Gasteiger charge is -2.34. The lowest BCUT2D eigenvalue weighted by Crippen LogP contribution is -2.40. The maximum Gasteiger partial charge on any atom is 0.345 e. The number of carbonyl (C=O) groups is 1. The SMILES string of the molecule is O=C(O)C(O)(c1ccccc1)c1ccccc1N1CCCCC1. The number of rotatable bonds is 4. The molecule has 3 rings (SSSR count). The molecule has 4 nitrogen and oxygen atoms in total. The van der Waals surface area contributed by atoms with Gasteiger partial charge in [-0.25, -0.2) is 4.79 Å². The molecule has 0 spiro atoms. The van der Waals surface area contributed by atoms with Crippen LogP contribution in [0.2, 0.25) is 0 Å². The highest BCUT2D eigenvalue weighted by atomic mass is 16.4. The summed E-state index contributed by atoms with van der Waals surface area (Å²) in [6, 6.07) is 15.9. The van der Waals surface area contributed by atoms with E-state index in [0.29, 0.717) is 11.1 Å². The molecule has 0 aliphatic carbocycles. The van der Waals surface area contributed by atoms with Crippen LogP contribution in [0.25, 0.3) is 0 Å². The van der Waals surface area contributed by atoms with Crippen molar-refractivity contribution in [2.24, 2.45) is 0 Å². The number of aliphatic carboxylic acids is 1. The molecule has 0 aromatic heterocycles. The second kappa shape index (κ2) is 6.42. The number of para-hydroxylation sites is 1. The highest BCUT2D eigenvalue weighted by Crippen LogP contribution is 2.37. The van der Waals surface area contributed by atoms with Gasteiger partial charge in [0.05, 0.1) is 0 Å². The van der Waals surface area contributed by atoms with Gasteiger partial charge in [0.2, 0.25) is 5.60 Å². The summed E-state index contributed by atoms with van der Waals surface area (Å²) < 4.78 is 0. The Hall–Kier alpha value is -2.33. The molecule has 1 saturated heterocycles. The Balaban J connectivity index is 2.13. The summed E-state index contributed by atoms with van der Waals surface area (Å²) in [6.07, 6.45) is 3.37. The highest BCUT2D eigenvalue weighted by Gasteiger charge is 2.42. The minimum absolute atomic E-state index is 0.372. The van der Waals surface area contributed by atoms with Gasteiger partial charge in [0, 0.05) is 24.3 Å². The molecule has 0 bridgehead atoms. The number of carboxylic acid groups (broad SMARTS) is 1. The average molecular weight is 311 g/mol. The molecule has 0 radical (unpaired) electrons. The lowest BCUT2D eigenvalue weighted by molar-refractivity contribution is -0.155. The molecule has 1 fully saturated rings. The molecular formula is C19H21NO3. The van der Waals surface area contributed by atoms with Crippen molar-refractivity contribution in [3.63, 3.8) is 0 Å². The molecule has 2 N–H and O–H groups in total. The summed E-state index contributed by atoms with van der Waals surface area (Å²) in [5.74, 6) is -1.26. The molecule has 1 aliphatic rings. The van der Waals surface area contributed by atoms with Gasteiger partial charge in [0.1, 0.15) is 0 Å². The van der Waals surface area contributed by atoms with Crippen LogP contribution in [0.4, 0.5) is 5.69 Å². The fraction of sp³-hybridized carbons (Fsp3) is 0.316. The number of carboxylic acids is 1. The Kier molecular flexibility index (Phi) is 4.35. The van der Waals surface area contributed by atoms with Gasteiger partial charge in [-0.05, 0) is 30.9 Å². The van der Waals surface area contributed by atoms with Gasteiger partial charge in [-0.1, -0.05) is 48.5 Å². The zero-order valence-corrected chi connectivity index (χ0v) is 13.0. The van der Waals surface area contributed by atoms with E-state index in [1.54, 1.807) is 36.4 Å². The Bertz CT molecular complexity index is 680. The topological polar surface area (TPSA) is 60.8 Å². The fourth-order valence-corrected chi connectivity index (χ4v) is 3.26. The van der Waals surface area contributed by atoms with Gasteiger partial charge in [-0.2, -0.15) is 0 Å². The molecule has 1 atom stereocenters. The van der Waals surface area contributed by atoms with Crippen LogP contribution in [-0.2, 0) is 10.4 Å².